The molecule has 2 rings (SSSR count). The van der Waals surface area contributed by atoms with Gasteiger partial charge in [0, 0.05) is 6.04 Å². The normalized spacial score (nSPS) is 28.1. The summed E-state index contributed by atoms with van der Waals surface area (Å²) in [5, 5.41) is 2.88. The molecule has 0 aromatic carbocycles. The minimum Gasteiger partial charge on any atom is -0.327 e. The van der Waals surface area contributed by atoms with E-state index in [1.54, 1.807) is 12.3 Å². The van der Waals surface area contributed by atoms with Crippen molar-refractivity contribution in [1.82, 2.24) is 4.98 Å². The van der Waals surface area contributed by atoms with Crippen LogP contribution in [0.4, 0.5) is 5.69 Å². The SMILES string of the molecule is CC1(C(=O)Nc2ccc(Br)nc2)CCCC1N. The molecule has 1 fully saturated rings. The number of halogens is 1. The lowest BCUT2D eigenvalue weighted by Gasteiger charge is -2.27. The van der Waals surface area contributed by atoms with Crippen molar-refractivity contribution >= 4 is 27.5 Å². The number of nitrogens with two attached hydrogens (primary N) is 1. The summed E-state index contributed by atoms with van der Waals surface area (Å²) in [6, 6.07) is 3.57. The molecule has 1 aromatic heterocycles. The van der Waals surface area contributed by atoms with E-state index in [1.165, 1.54) is 0 Å². The van der Waals surface area contributed by atoms with Gasteiger partial charge in [-0.1, -0.05) is 6.42 Å². The van der Waals surface area contributed by atoms with Crippen LogP contribution in [0.1, 0.15) is 26.2 Å². The van der Waals surface area contributed by atoms with Crippen molar-refractivity contribution in [3.8, 4) is 0 Å². The van der Waals surface area contributed by atoms with Crippen LogP contribution in [0.3, 0.4) is 0 Å². The van der Waals surface area contributed by atoms with Gasteiger partial charge in [0.25, 0.3) is 0 Å². The molecule has 17 heavy (non-hydrogen) atoms. The van der Waals surface area contributed by atoms with E-state index in [1.807, 2.05) is 13.0 Å². The van der Waals surface area contributed by atoms with Crippen LogP contribution in [0.5, 0.6) is 0 Å². The summed E-state index contributed by atoms with van der Waals surface area (Å²) < 4.78 is 0.749. The highest BCUT2D eigenvalue weighted by Gasteiger charge is 2.42. The summed E-state index contributed by atoms with van der Waals surface area (Å²) >= 11 is 3.25. The van der Waals surface area contributed by atoms with E-state index in [4.69, 9.17) is 5.73 Å². The third-order valence-corrected chi connectivity index (χ3v) is 4.00. The van der Waals surface area contributed by atoms with Crippen molar-refractivity contribution in [2.75, 3.05) is 5.32 Å². The number of nitrogens with one attached hydrogen (secondary N) is 1. The fourth-order valence-corrected chi connectivity index (χ4v) is 2.43. The van der Waals surface area contributed by atoms with E-state index in [0.717, 1.165) is 23.9 Å². The Morgan fingerprint density at radius 1 is 1.65 bits per heavy atom. The van der Waals surface area contributed by atoms with Gasteiger partial charge in [0.15, 0.2) is 0 Å². The number of hydrogen-bond donors (Lipinski definition) is 2. The Labute approximate surface area is 109 Å². The van der Waals surface area contributed by atoms with Crippen molar-refractivity contribution in [3.63, 3.8) is 0 Å². The number of rotatable bonds is 2. The Morgan fingerprint density at radius 3 is 2.94 bits per heavy atom. The number of nitrogens with zero attached hydrogens (tertiary/aromatic N) is 1. The van der Waals surface area contributed by atoms with Crippen LogP contribution in [0.25, 0.3) is 0 Å². The van der Waals surface area contributed by atoms with Crippen LogP contribution in [0.2, 0.25) is 0 Å². The van der Waals surface area contributed by atoms with Gasteiger partial charge < -0.3 is 11.1 Å². The number of carbonyl (C=O) groups is 1. The summed E-state index contributed by atoms with van der Waals surface area (Å²) in [4.78, 5) is 16.3. The van der Waals surface area contributed by atoms with Gasteiger partial charge in [-0.25, -0.2) is 4.98 Å². The molecule has 0 saturated heterocycles. The topological polar surface area (TPSA) is 68.0 Å². The average Bonchev–Trinajstić information content (AvgIpc) is 2.64. The molecule has 0 bridgehead atoms. The molecule has 0 spiro atoms. The van der Waals surface area contributed by atoms with Gasteiger partial charge in [0.2, 0.25) is 5.91 Å². The zero-order valence-corrected chi connectivity index (χ0v) is 11.3. The Kier molecular flexibility index (Phi) is 3.49. The molecular formula is C12H16BrN3O. The first-order chi connectivity index (χ1) is 8.02. The quantitative estimate of drug-likeness (QED) is 0.823. The van der Waals surface area contributed by atoms with E-state index < -0.39 is 5.41 Å². The highest BCUT2D eigenvalue weighted by molar-refractivity contribution is 9.10. The molecule has 3 N–H and O–H groups in total. The molecule has 1 amide bonds. The molecular weight excluding hydrogens is 282 g/mol. The highest BCUT2D eigenvalue weighted by atomic mass is 79.9. The first kappa shape index (κ1) is 12.5. The Balaban J connectivity index is 2.09. The van der Waals surface area contributed by atoms with Gasteiger partial charge in [-0.3, -0.25) is 4.79 Å². The minimum atomic E-state index is -0.451. The highest BCUT2D eigenvalue weighted by Crippen LogP contribution is 2.37. The summed E-state index contributed by atoms with van der Waals surface area (Å²) in [6.07, 6.45) is 4.42. The Hall–Kier alpha value is -0.940. The van der Waals surface area contributed by atoms with E-state index in [0.29, 0.717) is 5.69 Å². The molecule has 1 saturated carbocycles. The third-order valence-electron chi connectivity index (χ3n) is 3.53. The van der Waals surface area contributed by atoms with Crippen LogP contribution >= 0.6 is 15.9 Å². The van der Waals surface area contributed by atoms with Gasteiger partial charge in [0.05, 0.1) is 17.3 Å². The van der Waals surface area contributed by atoms with Crippen LogP contribution in [0.15, 0.2) is 22.9 Å². The largest absolute Gasteiger partial charge is 0.327 e. The molecule has 0 aliphatic heterocycles. The molecule has 1 aromatic rings. The number of pyridine rings is 1. The second-order valence-electron chi connectivity index (χ2n) is 4.74. The monoisotopic (exact) mass is 297 g/mol. The number of amides is 1. The van der Waals surface area contributed by atoms with Gasteiger partial charge in [-0.2, -0.15) is 0 Å². The molecule has 2 unspecified atom stereocenters. The van der Waals surface area contributed by atoms with Crippen LogP contribution in [-0.4, -0.2) is 16.9 Å². The smallest absolute Gasteiger partial charge is 0.231 e. The second kappa shape index (κ2) is 4.74. The van der Waals surface area contributed by atoms with Crippen molar-refractivity contribution in [2.45, 2.75) is 32.2 Å². The zero-order chi connectivity index (χ0) is 12.5. The van der Waals surface area contributed by atoms with Gasteiger partial charge in [0.1, 0.15) is 4.60 Å². The van der Waals surface area contributed by atoms with Crippen LogP contribution in [-0.2, 0) is 4.79 Å². The summed E-state index contributed by atoms with van der Waals surface area (Å²) in [6.45, 7) is 1.94. The van der Waals surface area contributed by atoms with E-state index in [9.17, 15) is 4.79 Å². The van der Waals surface area contributed by atoms with Gasteiger partial charge in [-0.15, -0.1) is 0 Å². The lowest BCUT2D eigenvalue weighted by molar-refractivity contribution is -0.125. The lowest BCUT2D eigenvalue weighted by Crippen LogP contribution is -2.44. The summed E-state index contributed by atoms with van der Waals surface area (Å²) in [7, 11) is 0. The standard InChI is InChI=1S/C12H16BrN3O/c1-12(6-2-3-9(12)14)11(17)16-8-4-5-10(13)15-7-8/h4-5,7,9H,2-3,6,14H2,1H3,(H,16,17). The predicted molar refractivity (Wildman–Crippen MR) is 70.5 cm³/mol. The van der Waals surface area contributed by atoms with E-state index in [-0.39, 0.29) is 11.9 Å². The minimum absolute atomic E-state index is 0.00776. The number of aromatic nitrogens is 1. The van der Waals surface area contributed by atoms with Crippen molar-refractivity contribution < 1.29 is 4.79 Å². The number of hydrogen-bond acceptors (Lipinski definition) is 3. The van der Waals surface area contributed by atoms with Crippen LogP contribution < -0.4 is 11.1 Å². The van der Waals surface area contributed by atoms with Crippen molar-refractivity contribution in [2.24, 2.45) is 11.1 Å². The summed E-state index contributed by atoms with van der Waals surface area (Å²) in [5.41, 5.74) is 6.26. The van der Waals surface area contributed by atoms with E-state index in [2.05, 4.69) is 26.2 Å². The van der Waals surface area contributed by atoms with Crippen LogP contribution in [0, 0.1) is 5.41 Å². The van der Waals surface area contributed by atoms with Gasteiger partial charge >= 0.3 is 0 Å². The fraction of sp³-hybridized carbons (Fsp3) is 0.500. The second-order valence-corrected chi connectivity index (χ2v) is 5.55. The number of anilines is 1. The maximum Gasteiger partial charge on any atom is 0.231 e. The van der Waals surface area contributed by atoms with E-state index >= 15 is 0 Å². The molecule has 0 radical (unpaired) electrons. The summed E-state index contributed by atoms with van der Waals surface area (Å²) in [5.74, 6) is -0.00776. The molecule has 4 nitrogen and oxygen atoms in total. The first-order valence-corrected chi connectivity index (χ1v) is 6.50. The molecule has 1 aliphatic carbocycles. The third kappa shape index (κ3) is 2.50. The molecule has 5 heteroatoms. The zero-order valence-electron chi connectivity index (χ0n) is 9.74. The lowest BCUT2D eigenvalue weighted by atomic mass is 9.84. The predicted octanol–water partition coefficient (Wildman–Crippen LogP) is 2.30. The molecule has 1 aliphatic rings. The number of carbonyl (C=O) groups excluding carboxylic acids is 1. The fourth-order valence-electron chi connectivity index (χ4n) is 2.20. The van der Waals surface area contributed by atoms with Gasteiger partial charge in [-0.05, 0) is 47.8 Å². The Morgan fingerprint density at radius 2 is 2.41 bits per heavy atom. The maximum atomic E-state index is 12.2. The molecule has 2 atom stereocenters. The Bertz CT molecular complexity index is 420. The van der Waals surface area contributed by atoms with Crippen molar-refractivity contribution in [3.05, 3.63) is 22.9 Å². The first-order valence-electron chi connectivity index (χ1n) is 5.71. The van der Waals surface area contributed by atoms with Crippen molar-refractivity contribution in [1.29, 1.82) is 0 Å². The molecule has 92 valence electrons. The average molecular weight is 298 g/mol. The molecule has 1 heterocycles. The maximum absolute atomic E-state index is 12.2.